The lowest BCUT2D eigenvalue weighted by Crippen LogP contribution is -1.92. The van der Waals surface area contributed by atoms with Crippen LogP contribution in [0.3, 0.4) is 0 Å². The summed E-state index contributed by atoms with van der Waals surface area (Å²) in [5.74, 6) is 1.36. The summed E-state index contributed by atoms with van der Waals surface area (Å²) < 4.78 is 14.0. The molecule has 0 saturated carbocycles. The molecule has 0 aliphatic heterocycles. The summed E-state index contributed by atoms with van der Waals surface area (Å²) in [7, 11) is 0. The van der Waals surface area contributed by atoms with E-state index in [9.17, 15) is 0 Å². The van der Waals surface area contributed by atoms with Crippen molar-refractivity contribution in [1.82, 2.24) is 0 Å². The minimum absolute atomic E-state index is 0.140. The summed E-state index contributed by atoms with van der Waals surface area (Å²) >= 11 is 13.2. The zero-order valence-electron chi connectivity index (χ0n) is 14.7. The Morgan fingerprint density at radius 3 is 1.71 bits per heavy atom. The van der Waals surface area contributed by atoms with Crippen LogP contribution in [0.4, 0.5) is 5.69 Å². The Bertz CT molecular complexity index is 1130. The number of hydrogen-bond acceptors (Lipinski definition) is 3. The van der Waals surface area contributed by atoms with Gasteiger partial charge < -0.3 is 8.83 Å². The first-order chi connectivity index (χ1) is 13.5. The topological polar surface area (TPSA) is 38.6 Å². The molecule has 0 aliphatic carbocycles. The Kier molecular flexibility index (Phi) is 5.58. The number of aryl methyl sites for hydroxylation is 1. The van der Waals surface area contributed by atoms with Crippen LogP contribution in [0, 0.1) is 6.92 Å². The molecule has 0 radical (unpaired) electrons. The van der Waals surface area contributed by atoms with Crippen LogP contribution in [-0.2, 0) is 0 Å². The number of nitrogens with zero attached hydrogens (tertiary/aromatic N) is 1. The van der Waals surface area contributed by atoms with Crippen molar-refractivity contribution in [1.29, 1.82) is 0 Å². The molecule has 0 fully saturated rings. The molecule has 0 unspecified atom stereocenters. The first-order valence-electron chi connectivity index (χ1n) is 8.46. The van der Waals surface area contributed by atoms with Crippen LogP contribution in [-0.4, -0.2) is 0 Å². The molecule has 0 aliphatic rings. The smallest absolute Gasteiger partial charge is 0.400 e. The summed E-state index contributed by atoms with van der Waals surface area (Å²) in [4.78, 5) is 4.47. The van der Waals surface area contributed by atoms with Gasteiger partial charge in [0.15, 0.2) is 11.5 Å². The van der Waals surface area contributed by atoms with Crippen molar-refractivity contribution in [2.75, 3.05) is 0 Å². The highest BCUT2D eigenvalue weighted by atomic mass is 79.9. The zero-order valence-corrected chi connectivity index (χ0v) is 18.7. The van der Waals surface area contributed by atoms with Gasteiger partial charge in [-0.15, -0.1) is 0 Å². The molecule has 140 valence electrons. The van der Waals surface area contributed by atoms with Crippen molar-refractivity contribution in [3.63, 3.8) is 0 Å². The molecule has 6 heteroatoms. The SMILES string of the molecule is Cc1ccc(N=c2oc(-c3ccc(Br)cc3)c(-c3ccc(Br)cc3)o2)c(Cl)c1. The van der Waals surface area contributed by atoms with E-state index in [1.165, 1.54) is 0 Å². The standard InChI is InChI=1S/C22H14Br2ClNO2/c1-13-2-11-19(18(25)12-13)26-22-27-20(14-3-7-16(23)8-4-14)21(28-22)15-5-9-17(24)10-6-15/h2-12H,1H3. The lowest BCUT2D eigenvalue weighted by Gasteiger charge is -2.01. The average Bonchev–Trinajstić information content (AvgIpc) is 3.09. The number of rotatable bonds is 3. The van der Waals surface area contributed by atoms with Crippen LogP contribution in [0.15, 0.2) is 89.5 Å². The van der Waals surface area contributed by atoms with Gasteiger partial charge in [0.2, 0.25) is 0 Å². The third-order valence-electron chi connectivity index (χ3n) is 4.11. The van der Waals surface area contributed by atoms with E-state index in [4.69, 9.17) is 20.4 Å². The molecular weight excluding hydrogens is 506 g/mol. The van der Waals surface area contributed by atoms with E-state index in [1.54, 1.807) is 0 Å². The summed E-state index contributed by atoms with van der Waals surface area (Å²) in [6, 6.07) is 21.3. The molecule has 4 aromatic rings. The Hall–Kier alpha value is -2.08. The predicted octanol–water partition coefficient (Wildman–Crippen LogP) is 7.93. The van der Waals surface area contributed by atoms with Gasteiger partial charge >= 0.3 is 5.75 Å². The Morgan fingerprint density at radius 2 is 1.25 bits per heavy atom. The van der Waals surface area contributed by atoms with E-state index in [0.29, 0.717) is 22.2 Å². The number of hydrogen-bond donors (Lipinski definition) is 0. The third-order valence-corrected chi connectivity index (χ3v) is 5.47. The Morgan fingerprint density at radius 1 is 0.750 bits per heavy atom. The van der Waals surface area contributed by atoms with Crippen LogP contribution < -0.4 is 5.75 Å². The average molecular weight is 520 g/mol. The van der Waals surface area contributed by atoms with Gasteiger partial charge in [0.1, 0.15) is 0 Å². The molecular formula is C22H14Br2ClNO2. The molecule has 0 atom stereocenters. The Labute approximate surface area is 184 Å². The second kappa shape index (κ2) is 8.11. The number of halogens is 3. The van der Waals surface area contributed by atoms with Gasteiger partial charge in [-0.05, 0) is 73.2 Å². The fraction of sp³-hybridized carbons (Fsp3) is 0.0455. The van der Waals surface area contributed by atoms with E-state index in [1.807, 2.05) is 73.7 Å². The van der Waals surface area contributed by atoms with Crippen molar-refractivity contribution in [2.45, 2.75) is 6.92 Å². The summed E-state index contributed by atoms with van der Waals surface area (Å²) in [6.45, 7) is 1.98. The van der Waals surface area contributed by atoms with E-state index in [0.717, 1.165) is 25.6 Å². The van der Waals surface area contributed by atoms with Crippen LogP contribution in [0.5, 0.6) is 0 Å². The molecule has 4 rings (SSSR count). The van der Waals surface area contributed by atoms with E-state index < -0.39 is 0 Å². The van der Waals surface area contributed by atoms with Crippen LogP contribution >= 0.6 is 43.5 Å². The van der Waals surface area contributed by atoms with Gasteiger partial charge in [-0.25, -0.2) is 0 Å². The zero-order chi connectivity index (χ0) is 19.7. The van der Waals surface area contributed by atoms with Crippen molar-refractivity contribution in [2.24, 2.45) is 4.99 Å². The maximum Gasteiger partial charge on any atom is 0.400 e. The first-order valence-corrected chi connectivity index (χ1v) is 10.4. The minimum Gasteiger partial charge on any atom is -0.406 e. The van der Waals surface area contributed by atoms with Crippen molar-refractivity contribution >= 4 is 49.1 Å². The molecule has 3 aromatic carbocycles. The highest BCUT2D eigenvalue weighted by Gasteiger charge is 2.17. The quantitative estimate of drug-likeness (QED) is 0.276. The molecule has 1 heterocycles. The lowest BCUT2D eigenvalue weighted by atomic mass is 10.1. The summed E-state index contributed by atoms with van der Waals surface area (Å²) in [6.07, 6.45) is 0. The second-order valence-corrected chi connectivity index (χ2v) is 8.45. The van der Waals surface area contributed by atoms with Gasteiger partial charge in [-0.1, -0.05) is 49.5 Å². The molecule has 0 spiro atoms. The molecule has 0 N–H and O–H groups in total. The van der Waals surface area contributed by atoms with Crippen LogP contribution in [0.2, 0.25) is 5.02 Å². The van der Waals surface area contributed by atoms with Gasteiger partial charge in [0, 0.05) is 20.1 Å². The third kappa shape index (κ3) is 4.17. The largest absolute Gasteiger partial charge is 0.406 e. The fourth-order valence-electron chi connectivity index (χ4n) is 2.72. The molecule has 1 aromatic heterocycles. The first kappa shape index (κ1) is 19.2. The maximum atomic E-state index is 6.31. The Balaban J connectivity index is 1.89. The normalized spacial score (nSPS) is 10.9. The fourth-order valence-corrected chi connectivity index (χ4v) is 3.52. The van der Waals surface area contributed by atoms with Crippen molar-refractivity contribution in [3.05, 3.63) is 92.0 Å². The van der Waals surface area contributed by atoms with E-state index in [-0.39, 0.29) is 5.75 Å². The van der Waals surface area contributed by atoms with Gasteiger partial charge in [-0.3, -0.25) is 0 Å². The highest BCUT2D eigenvalue weighted by molar-refractivity contribution is 9.10. The molecule has 0 saturated heterocycles. The van der Waals surface area contributed by atoms with E-state index >= 15 is 0 Å². The van der Waals surface area contributed by atoms with Gasteiger partial charge in [-0.2, -0.15) is 4.99 Å². The highest BCUT2D eigenvalue weighted by Crippen LogP contribution is 2.33. The second-order valence-electron chi connectivity index (χ2n) is 6.21. The monoisotopic (exact) mass is 517 g/mol. The predicted molar refractivity (Wildman–Crippen MR) is 119 cm³/mol. The molecule has 0 amide bonds. The maximum absolute atomic E-state index is 6.31. The lowest BCUT2D eigenvalue weighted by molar-refractivity contribution is 0.376. The minimum atomic E-state index is 0.140. The summed E-state index contributed by atoms with van der Waals surface area (Å²) in [5, 5.41) is 0.544. The van der Waals surface area contributed by atoms with Crippen LogP contribution in [0.1, 0.15) is 5.56 Å². The number of benzene rings is 3. The molecule has 0 bridgehead atoms. The van der Waals surface area contributed by atoms with Crippen LogP contribution in [0.25, 0.3) is 22.6 Å². The van der Waals surface area contributed by atoms with Gasteiger partial charge in [0.25, 0.3) is 0 Å². The van der Waals surface area contributed by atoms with Gasteiger partial charge in [0.05, 0.1) is 10.7 Å². The van der Waals surface area contributed by atoms with Crippen molar-refractivity contribution < 1.29 is 8.83 Å². The molecule has 28 heavy (non-hydrogen) atoms. The molecule has 3 nitrogen and oxygen atoms in total. The summed E-state index contributed by atoms with van der Waals surface area (Å²) in [5.41, 5.74) is 3.43. The van der Waals surface area contributed by atoms with E-state index in [2.05, 4.69) is 36.9 Å². The van der Waals surface area contributed by atoms with Crippen molar-refractivity contribution in [3.8, 4) is 22.6 Å².